The van der Waals surface area contributed by atoms with Crippen molar-refractivity contribution in [2.75, 3.05) is 10.6 Å². The van der Waals surface area contributed by atoms with Crippen LogP contribution in [0.25, 0.3) is 0 Å². The predicted octanol–water partition coefficient (Wildman–Crippen LogP) is 1.36. The highest BCUT2D eigenvalue weighted by Crippen LogP contribution is 2.13. The summed E-state index contributed by atoms with van der Waals surface area (Å²) in [6, 6.07) is 5.84. The summed E-state index contributed by atoms with van der Waals surface area (Å²) in [5.74, 6) is 0. The number of aromatic amines is 2. The molecule has 0 unspecified atom stereocenters. The van der Waals surface area contributed by atoms with E-state index in [0.717, 1.165) is 6.20 Å². The molecule has 0 saturated heterocycles. The third-order valence-electron chi connectivity index (χ3n) is 2.17. The zero-order valence-corrected chi connectivity index (χ0v) is 10.2. The Bertz CT molecular complexity index is 705. The highest BCUT2D eigenvalue weighted by atomic mass is 35.5. The van der Waals surface area contributed by atoms with Gasteiger partial charge in [-0.25, -0.2) is 9.59 Å². The van der Waals surface area contributed by atoms with Gasteiger partial charge >= 0.3 is 11.7 Å². The number of hydrogen-bond donors (Lipinski definition) is 4. The van der Waals surface area contributed by atoms with E-state index in [9.17, 15) is 14.4 Å². The van der Waals surface area contributed by atoms with Crippen LogP contribution in [0.15, 0.2) is 40.1 Å². The van der Waals surface area contributed by atoms with Crippen molar-refractivity contribution in [1.29, 1.82) is 0 Å². The number of carbonyl (C=O) groups is 1. The second-order valence-electron chi connectivity index (χ2n) is 3.57. The first-order valence-corrected chi connectivity index (χ1v) is 5.58. The van der Waals surface area contributed by atoms with Gasteiger partial charge < -0.3 is 15.6 Å². The highest BCUT2D eigenvalue weighted by molar-refractivity contribution is 6.30. The van der Waals surface area contributed by atoms with Crippen molar-refractivity contribution in [3.05, 3.63) is 56.3 Å². The van der Waals surface area contributed by atoms with Gasteiger partial charge in [-0.3, -0.25) is 9.78 Å². The van der Waals surface area contributed by atoms with Crippen molar-refractivity contribution in [1.82, 2.24) is 9.97 Å². The van der Waals surface area contributed by atoms with Crippen LogP contribution >= 0.6 is 11.6 Å². The Morgan fingerprint density at radius 2 is 1.79 bits per heavy atom. The van der Waals surface area contributed by atoms with Gasteiger partial charge in [0.15, 0.2) is 0 Å². The topological polar surface area (TPSA) is 107 Å². The number of aromatic nitrogens is 2. The third-order valence-corrected chi connectivity index (χ3v) is 2.42. The standard InChI is InChI=1S/C11H9ClN4O3/c12-6-1-3-7(4-2-6)14-11(19)15-8-5-13-10(18)16-9(8)17/h1-5H,(H2,14,15,19)(H2,13,16,17,18). The molecule has 0 fully saturated rings. The molecule has 0 saturated carbocycles. The Morgan fingerprint density at radius 1 is 1.11 bits per heavy atom. The summed E-state index contributed by atoms with van der Waals surface area (Å²) in [4.78, 5) is 38.0. The molecule has 4 N–H and O–H groups in total. The molecular formula is C11H9ClN4O3. The summed E-state index contributed by atoms with van der Waals surface area (Å²) in [7, 11) is 0. The molecule has 0 aliphatic carbocycles. The zero-order valence-electron chi connectivity index (χ0n) is 9.49. The molecule has 0 spiro atoms. The van der Waals surface area contributed by atoms with Gasteiger partial charge in [0.1, 0.15) is 5.69 Å². The van der Waals surface area contributed by atoms with Crippen LogP contribution in [0.2, 0.25) is 5.02 Å². The van der Waals surface area contributed by atoms with E-state index in [0.29, 0.717) is 10.7 Å². The van der Waals surface area contributed by atoms with Gasteiger partial charge in [0.2, 0.25) is 0 Å². The molecule has 1 aromatic heterocycles. The van der Waals surface area contributed by atoms with E-state index < -0.39 is 17.3 Å². The van der Waals surface area contributed by atoms with Gasteiger partial charge in [0, 0.05) is 16.9 Å². The van der Waals surface area contributed by atoms with Crippen molar-refractivity contribution in [3.63, 3.8) is 0 Å². The SMILES string of the molecule is O=C(Nc1ccc(Cl)cc1)Nc1c[nH]c(=O)[nH]c1=O. The summed E-state index contributed by atoms with van der Waals surface area (Å²) in [5, 5.41) is 5.35. The van der Waals surface area contributed by atoms with Crippen LogP contribution in [0, 0.1) is 0 Å². The van der Waals surface area contributed by atoms with E-state index >= 15 is 0 Å². The molecule has 2 amide bonds. The smallest absolute Gasteiger partial charge is 0.312 e. The molecule has 0 aliphatic heterocycles. The molecule has 19 heavy (non-hydrogen) atoms. The fraction of sp³-hybridized carbons (Fsp3) is 0. The van der Waals surface area contributed by atoms with Crippen LogP contribution in [-0.4, -0.2) is 16.0 Å². The number of urea groups is 1. The number of hydrogen-bond acceptors (Lipinski definition) is 3. The number of rotatable bonds is 2. The van der Waals surface area contributed by atoms with Crippen molar-refractivity contribution in [3.8, 4) is 0 Å². The summed E-state index contributed by atoms with van der Waals surface area (Å²) in [5.41, 5.74) is -0.877. The van der Waals surface area contributed by atoms with Crippen molar-refractivity contribution in [2.45, 2.75) is 0 Å². The lowest BCUT2D eigenvalue weighted by molar-refractivity contribution is 0.262. The lowest BCUT2D eigenvalue weighted by Crippen LogP contribution is -2.28. The minimum atomic E-state index is -0.685. The molecule has 1 aromatic carbocycles. The average Bonchev–Trinajstić information content (AvgIpc) is 2.36. The van der Waals surface area contributed by atoms with Crippen LogP contribution in [0.1, 0.15) is 0 Å². The normalized spacial score (nSPS) is 9.95. The number of carbonyl (C=O) groups excluding carboxylic acids is 1. The van der Waals surface area contributed by atoms with Crippen LogP contribution < -0.4 is 21.9 Å². The summed E-state index contributed by atoms with van der Waals surface area (Å²) < 4.78 is 0. The Morgan fingerprint density at radius 3 is 2.42 bits per heavy atom. The second-order valence-corrected chi connectivity index (χ2v) is 4.01. The molecule has 0 aliphatic rings. The van der Waals surface area contributed by atoms with E-state index in [4.69, 9.17) is 11.6 Å². The first-order chi connectivity index (χ1) is 9.04. The minimum Gasteiger partial charge on any atom is -0.312 e. The predicted molar refractivity (Wildman–Crippen MR) is 71.8 cm³/mol. The average molecular weight is 281 g/mol. The maximum atomic E-state index is 11.6. The highest BCUT2D eigenvalue weighted by Gasteiger charge is 2.06. The number of anilines is 2. The number of amides is 2. The van der Waals surface area contributed by atoms with Crippen molar-refractivity contribution >= 4 is 29.0 Å². The molecule has 1 heterocycles. The van der Waals surface area contributed by atoms with E-state index in [2.05, 4.69) is 15.6 Å². The third kappa shape index (κ3) is 3.46. The number of halogens is 1. The molecule has 7 nitrogen and oxygen atoms in total. The van der Waals surface area contributed by atoms with Crippen molar-refractivity contribution < 1.29 is 4.79 Å². The molecule has 2 aromatic rings. The molecule has 8 heteroatoms. The Labute approximate surface area is 111 Å². The van der Waals surface area contributed by atoms with Crippen LogP contribution in [0.3, 0.4) is 0 Å². The first kappa shape index (κ1) is 12.9. The fourth-order valence-corrected chi connectivity index (χ4v) is 1.45. The second kappa shape index (κ2) is 5.40. The molecule has 2 rings (SSSR count). The van der Waals surface area contributed by atoms with Crippen LogP contribution in [0.4, 0.5) is 16.2 Å². The van der Waals surface area contributed by atoms with E-state index in [-0.39, 0.29) is 5.69 Å². The molecular weight excluding hydrogens is 272 g/mol. The molecule has 0 radical (unpaired) electrons. The summed E-state index contributed by atoms with van der Waals surface area (Å²) in [6.45, 7) is 0. The Balaban J connectivity index is 2.07. The van der Waals surface area contributed by atoms with Gasteiger partial charge in [-0.2, -0.15) is 0 Å². The van der Waals surface area contributed by atoms with E-state index in [1.165, 1.54) is 0 Å². The van der Waals surface area contributed by atoms with Crippen LogP contribution in [0.5, 0.6) is 0 Å². The summed E-state index contributed by atoms with van der Waals surface area (Å²) in [6.07, 6.45) is 1.11. The lowest BCUT2D eigenvalue weighted by atomic mass is 10.3. The van der Waals surface area contributed by atoms with Gasteiger partial charge in [-0.1, -0.05) is 11.6 Å². The summed E-state index contributed by atoms with van der Waals surface area (Å²) >= 11 is 5.71. The van der Waals surface area contributed by atoms with Gasteiger partial charge in [0.05, 0.1) is 0 Å². The minimum absolute atomic E-state index is 0.0638. The number of nitrogens with one attached hydrogen (secondary N) is 4. The number of H-pyrrole nitrogens is 2. The Hall–Kier alpha value is -2.54. The zero-order chi connectivity index (χ0) is 13.8. The molecule has 98 valence electrons. The first-order valence-electron chi connectivity index (χ1n) is 5.20. The fourth-order valence-electron chi connectivity index (χ4n) is 1.32. The maximum absolute atomic E-state index is 11.6. The van der Waals surface area contributed by atoms with Gasteiger partial charge in [0.25, 0.3) is 5.56 Å². The van der Waals surface area contributed by atoms with Crippen LogP contribution in [-0.2, 0) is 0 Å². The van der Waals surface area contributed by atoms with Gasteiger partial charge in [-0.15, -0.1) is 0 Å². The van der Waals surface area contributed by atoms with Gasteiger partial charge in [-0.05, 0) is 24.3 Å². The molecule has 0 bridgehead atoms. The van der Waals surface area contributed by atoms with E-state index in [1.54, 1.807) is 24.3 Å². The quantitative estimate of drug-likeness (QED) is 0.667. The molecule has 0 atom stereocenters. The monoisotopic (exact) mass is 280 g/mol. The van der Waals surface area contributed by atoms with Crippen molar-refractivity contribution in [2.24, 2.45) is 0 Å². The maximum Gasteiger partial charge on any atom is 0.325 e. The lowest BCUT2D eigenvalue weighted by Gasteiger charge is -2.06. The largest absolute Gasteiger partial charge is 0.325 e. The Kier molecular flexibility index (Phi) is 3.67. The number of benzene rings is 1. The van der Waals surface area contributed by atoms with E-state index in [1.807, 2.05) is 4.98 Å².